The van der Waals surface area contributed by atoms with E-state index in [0.717, 1.165) is 22.7 Å². The molecule has 118 valence electrons. The Labute approximate surface area is 138 Å². The summed E-state index contributed by atoms with van der Waals surface area (Å²) >= 11 is 1.61. The van der Waals surface area contributed by atoms with Crippen molar-refractivity contribution in [3.8, 4) is 23.3 Å². The van der Waals surface area contributed by atoms with E-state index >= 15 is 0 Å². The van der Waals surface area contributed by atoms with Crippen LogP contribution in [0.3, 0.4) is 0 Å². The molecule has 0 saturated carbocycles. The van der Waals surface area contributed by atoms with Crippen molar-refractivity contribution >= 4 is 17.2 Å². The molecular formula is C17H16N2O3S. The van der Waals surface area contributed by atoms with Gasteiger partial charge in [0.2, 0.25) is 6.79 Å². The Hall–Kier alpha value is -2.52. The van der Waals surface area contributed by atoms with Crippen LogP contribution in [0.25, 0.3) is 0 Å². The minimum Gasteiger partial charge on any atom is -0.454 e. The Balaban J connectivity index is 1.64. The average molecular weight is 328 g/mol. The van der Waals surface area contributed by atoms with Crippen molar-refractivity contribution in [1.29, 1.82) is 0 Å². The SMILES string of the molecule is CCc1nc(CN(C)C(=O)C#Cc2ccc3c(c2)OCO3)cs1. The topological polar surface area (TPSA) is 51.7 Å². The lowest BCUT2D eigenvalue weighted by Crippen LogP contribution is -2.24. The molecular weight excluding hydrogens is 312 g/mol. The fourth-order valence-electron chi connectivity index (χ4n) is 2.09. The number of fused-ring (bicyclic) bond motifs is 1. The zero-order valence-corrected chi connectivity index (χ0v) is 13.8. The highest BCUT2D eigenvalue weighted by atomic mass is 32.1. The van der Waals surface area contributed by atoms with E-state index in [0.29, 0.717) is 18.0 Å². The maximum absolute atomic E-state index is 12.1. The van der Waals surface area contributed by atoms with Crippen molar-refractivity contribution in [3.05, 3.63) is 39.8 Å². The smallest absolute Gasteiger partial charge is 0.298 e. The van der Waals surface area contributed by atoms with Crippen LogP contribution in [0, 0.1) is 11.8 Å². The minimum absolute atomic E-state index is 0.223. The molecule has 0 unspecified atom stereocenters. The van der Waals surface area contributed by atoms with Crippen LogP contribution in [0.4, 0.5) is 0 Å². The van der Waals surface area contributed by atoms with Crippen LogP contribution in [0.1, 0.15) is 23.2 Å². The molecule has 0 fully saturated rings. The van der Waals surface area contributed by atoms with Crippen molar-refractivity contribution in [2.45, 2.75) is 19.9 Å². The van der Waals surface area contributed by atoms with Gasteiger partial charge >= 0.3 is 0 Å². The summed E-state index contributed by atoms with van der Waals surface area (Å²) in [5, 5.41) is 3.06. The zero-order valence-electron chi connectivity index (χ0n) is 13.0. The molecule has 5 nitrogen and oxygen atoms in total. The van der Waals surface area contributed by atoms with Gasteiger partial charge in [-0.1, -0.05) is 12.8 Å². The fraction of sp³-hybridized carbons (Fsp3) is 0.294. The summed E-state index contributed by atoms with van der Waals surface area (Å²) in [7, 11) is 1.72. The van der Waals surface area contributed by atoms with Gasteiger partial charge in [-0.25, -0.2) is 4.98 Å². The van der Waals surface area contributed by atoms with Gasteiger partial charge < -0.3 is 14.4 Å². The molecule has 0 N–H and O–H groups in total. The lowest BCUT2D eigenvalue weighted by Gasteiger charge is -2.11. The third kappa shape index (κ3) is 3.63. The largest absolute Gasteiger partial charge is 0.454 e. The molecule has 0 saturated heterocycles. The summed E-state index contributed by atoms with van der Waals surface area (Å²) in [5.74, 6) is 6.63. The molecule has 0 bridgehead atoms. The number of benzene rings is 1. The highest BCUT2D eigenvalue weighted by Gasteiger charge is 2.13. The van der Waals surface area contributed by atoms with E-state index in [2.05, 4.69) is 23.7 Å². The summed E-state index contributed by atoms with van der Waals surface area (Å²) in [5.41, 5.74) is 1.62. The van der Waals surface area contributed by atoms with Gasteiger partial charge in [-0.05, 0) is 24.6 Å². The number of aromatic nitrogens is 1. The molecule has 1 aromatic carbocycles. The first-order chi connectivity index (χ1) is 11.2. The fourth-order valence-corrected chi connectivity index (χ4v) is 2.83. The first kappa shape index (κ1) is 15.4. The van der Waals surface area contributed by atoms with Crippen LogP contribution < -0.4 is 9.47 Å². The Kier molecular flexibility index (Phi) is 4.49. The van der Waals surface area contributed by atoms with Gasteiger partial charge in [0.25, 0.3) is 5.91 Å². The number of ether oxygens (including phenoxy) is 2. The summed E-state index contributed by atoms with van der Waals surface area (Å²) in [6.45, 7) is 2.75. The summed E-state index contributed by atoms with van der Waals surface area (Å²) in [4.78, 5) is 18.1. The van der Waals surface area contributed by atoms with E-state index < -0.39 is 0 Å². The van der Waals surface area contributed by atoms with Gasteiger partial charge in [0.1, 0.15) is 0 Å². The third-order valence-electron chi connectivity index (χ3n) is 3.33. The molecule has 0 spiro atoms. The van der Waals surface area contributed by atoms with E-state index in [1.165, 1.54) is 0 Å². The highest BCUT2D eigenvalue weighted by molar-refractivity contribution is 7.09. The Morgan fingerprint density at radius 3 is 3.00 bits per heavy atom. The normalized spacial score (nSPS) is 11.7. The second-order valence-electron chi connectivity index (χ2n) is 5.07. The number of aryl methyl sites for hydroxylation is 1. The number of hydrogen-bond acceptors (Lipinski definition) is 5. The second-order valence-corrected chi connectivity index (χ2v) is 6.01. The van der Waals surface area contributed by atoms with Crippen LogP contribution in [-0.2, 0) is 17.8 Å². The molecule has 2 heterocycles. The maximum Gasteiger partial charge on any atom is 0.298 e. The van der Waals surface area contributed by atoms with Crippen molar-refractivity contribution < 1.29 is 14.3 Å². The second kappa shape index (κ2) is 6.71. The van der Waals surface area contributed by atoms with Crippen LogP contribution in [0.15, 0.2) is 23.6 Å². The standard InChI is InChI=1S/C17H16N2O3S/c1-3-16-18-13(10-23-16)9-19(2)17(20)7-5-12-4-6-14-15(8-12)22-11-21-14/h4,6,8,10H,3,9,11H2,1-2H3. The van der Waals surface area contributed by atoms with Gasteiger partial charge in [0.15, 0.2) is 11.5 Å². The number of amides is 1. The summed E-state index contributed by atoms with van der Waals surface area (Å²) < 4.78 is 10.5. The van der Waals surface area contributed by atoms with Crippen molar-refractivity contribution in [3.63, 3.8) is 0 Å². The molecule has 0 atom stereocenters. The van der Waals surface area contributed by atoms with Crippen molar-refractivity contribution in [2.75, 3.05) is 13.8 Å². The van der Waals surface area contributed by atoms with E-state index in [1.54, 1.807) is 35.4 Å². The quantitative estimate of drug-likeness (QED) is 0.812. The van der Waals surface area contributed by atoms with Crippen LogP contribution in [0.5, 0.6) is 11.5 Å². The zero-order chi connectivity index (χ0) is 16.2. The predicted octanol–water partition coefficient (Wildman–Crippen LogP) is 2.44. The predicted molar refractivity (Wildman–Crippen MR) is 87.4 cm³/mol. The molecule has 6 heteroatoms. The first-order valence-electron chi connectivity index (χ1n) is 7.25. The number of thiazole rings is 1. The maximum atomic E-state index is 12.1. The molecule has 1 aliphatic rings. The Morgan fingerprint density at radius 2 is 2.22 bits per heavy atom. The van der Waals surface area contributed by atoms with E-state index in [9.17, 15) is 4.79 Å². The number of rotatable bonds is 3. The number of carbonyl (C=O) groups excluding carboxylic acids is 1. The molecule has 1 aliphatic heterocycles. The molecule has 0 radical (unpaired) electrons. The van der Waals surface area contributed by atoms with Gasteiger partial charge in [-0.2, -0.15) is 0 Å². The minimum atomic E-state index is -0.242. The molecule has 23 heavy (non-hydrogen) atoms. The number of hydrogen-bond donors (Lipinski definition) is 0. The van der Waals surface area contributed by atoms with Crippen LogP contribution in [-0.4, -0.2) is 29.6 Å². The van der Waals surface area contributed by atoms with Crippen LogP contribution in [0.2, 0.25) is 0 Å². The Bertz CT molecular complexity index is 789. The lowest BCUT2D eigenvalue weighted by molar-refractivity contribution is -0.124. The molecule has 2 aromatic rings. The van der Waals surface area contributed by atoms with Gasteiger partial charge in [0.05, 0.1) is 17.2 Å². The van der Waals surface area contributed by atoms with E-state index in [1.807, 2.05) is 11.4 Å². The number of nitrogens with zero attached hydrogens (tertiary/aromatic N) is 2. The molecule has 3 rings (SSSR count). The van der Waals surface area contributed by atoms with Gasteiger partial charge in [-0.3, -0.25) is 4.79 Å². The van der Waals surface area contributed by atoms with Crippen LogP contribution >= 0.6 is 11.3 Å². The number of carbonyl (C=O) groups is 1. The van der Waals surface area contributed by atoms with E-state index in [-0.39, 0.29) is 12.7 Å². The highest BCUT2D eigenvalue weighted by Crippen LogP contribution is 2.32. The lowest BCUT2D eigenvalue weighted by atomic mass is 10.2. The van der Waals surface area contributed by atoms with Gasteiger partial charge in [0, 0.05) is 23.9 Å². The first-order valence-corrected chi connectivity index (χ1v) is 8.13. The molecule has 1 amide bonds. The monoisotopic (exact) mass is 328 g/mol. The molecule has 1 aromatic heterocycles. The summed E-state index contributed by atoms with van der Waals surface area (Å²) in [6.07, 6.45) is 0.909. The Morgan fingerprint density at radius 1 is 1.39 bits per heavy atom. The third-order valence-corrected chi connectivity index (χ3v) is 4.38. The van der Waals surface area contributed by atoms with Gasteiger partial charge in [-0.15, -0.1) is 11.3 Å². The van der Waals surface area contributed by atoms with Crippen molar-refractivity contribution in [1.82, 2.24) is 9.88 Å². The van der Waals surface area contributed by atoms with Crippen molar-refractivity contribution in [2.24, 2.45) is 0 Å². The average Bonchev–Trinajstić information content (AvgIpc) is 3.20. The molecule has 0 aliphatic carbocycles. The summed E-state index contributed by atoms with van der Waals surface area (Å²) in [6, 6.07) is 5.38. The van der Waals surface area contributed by atoms with E-state index in [4.69, 9.17) is 9.47 Å².